The van der Waals surface area contributed by atoms with Crippen molar-refractivity contribution in [3.8, 4) is 0 Å². The highest BCUT2D eigenvalue weighted by atomic mass is 16.7. The van der Waals surface area contributed by atoms with Crippen LogP contribution in [0.3, 0.4) is 0 Å². The Morgan fingerprint density at radius 3 is 2.25 bits per heavy atom. The van der Waals surface area contributed by atoms with Crippen molar-refractivity contribution in [3.63, 3.8) is 0 Å². The van der Waals surface area contributed by atoms with E-state index in [-0.39, 0.29) is 11.5 Å². The van der Waals surface area contributed by atoms with Gasteiger partial charge in [-0.05, 0) is 57.8 Å². The van der Waals surface area contributed by atoms with Gasteiger partial charge in [0.25, 0.3) is 0 Å². The minimum absolute atomic E-state index is 0.127. The van der Waals surface area contributed by atoms with Crippen molar-refractivity contribution in [2.45, 2.75) is 79.3 Å². The van der Waals surface area contributed by atoms with Gasteiger partial charge in [-0.15, -0.1) is 0 Å². The summed E-state index contributed by atoms with van der Waals surface area (Å²) >= 11 is 0. The van der Waals surface area contributed by atoms with Crippen LogP contribution in [0.5, 0.6) is 0 Å². The second-order valence-corrected chi connectivity index (χ2v) is 8.77. The Bertz CT molecular complexity index is 444. The molecule has 1 heterocycles. The van der Waals surface area contributed by atoms with Gasteiger partial charge in [-0.3, -0.25) is 0 Å². The molecular weight excluding hydrogens is 248 g/mol. The zero-order valence-electron chi connectivity index (χ0n) is 14.1. The summed E-state index contributed by atoms with van der Waals surface area (Å²) in [5.74, 6) is 1.24. The van der Waals surface area contributed by atoms with Crippen LogP contribution in [0, 0.1) is 22.7 Å². The van der Waals surface area contributed by atoms with E-state index < -0.39 is 5.79 Å². The summed E-state index contributed by atoms with van der Waals surface area (Å²) in [6.07, 6.45) is 5.26. The molecule has 1 aliphatic heterocycles. The number of rotatable bonds is 1. The Labute approximate surface area is 123 Å². The van der Waals surface area contributed by atoms with E-state index in [9.17, 15) is 0 Å². The fourth-order valence-electron chi connectivity index (χ4n) is 4.66. The highest BCUT2D eigenvalue weighted by Crippen LogP contribution is 2.70. The van der Waals surface area contributed by atoms with Crippen molar-refractivity contribution >= 4 is 0 Å². The van der Waals surface area contributed by atoms with Gasteiger partial charge in [0, 0.05) is 5.41 Å². The van der Waals surface area contributed by atoms with Gasteiger partial charge in [0.2, 0.25) is 0 Å². The van der Waals surface area contributed by atoms with Crippen LogP contribution >= 0.6 is 0 Å². The maximum absolute atomic E-state index is 6.33. The number of allylic oxidation sites excluding steroid dienone is 1. The molecule has 0 N–H and O–H groups in total. The molecule has 5 atom stereocenters. The van der Waals surface area contributed by atoms with Crippen LogP contribution in [0.15, 0.2) is 11.6 Å². The molecule has 0 unspecified atom stereocenters. The van der Waals surface area contributed by atoms with E-state index >= 15 is 0 Å². The molecule has 3 aliphatic rings. The standard InChI is InChI=1S/C18H30O2/c1-11(2)8-14-18(7)10-13-12(16(13,3)4)9-15(18)20-17(5,6)19-14/h8,12-15H,9-10H2,1-7H3/t12-,13+,14-,15-,18-/m1/s1. The summed E-state index contributed by atoms with van der Waals surface area (Å²) < 4.78 is 12.6. The third-order valence-electron chi connectivity index (χ3n) is 6.12. The average Bonchev–Trinajstić information content (AvgIpc) is 2.77. The van der Waals surface area contributed by atoms with Gasteiger partial charge in [0.15, 0.2) is 5.79 Å². The normalized spacial score (nSPS) is 48.0. The minimum atomic E-state index is -0.466. The third kappa shape index (κ3) is 2.07. The lowest BCUT2D eigenvalue weighted by molar-refractivity contribution is -0.342. The van der Waals surface area contributed by atoms with Gasteiger partial charge in [-0.1, -0.05) is 32.4 Å². The molecule has 0 aromatic heterocycles. The van der Waals surface area contributed by atoms with Gasteiger partial charge in [0.05, 0.1) is 12.2 Å². The number of hydrogen-bond donors (Lipinski definition) is 0. The molecule has 0 aromatic rings. The van der Waals surface area contributed by atoms with Crippen LogP contribution in [0.2, 0.25) is 0 Å². The fraction of sp³-hybridized carbons (Fsp3) is 0.889. The first-order chi connectivity index (χ1) is 9.06. The molecule has 20 heavy (non-hydrogen) atoms. The van der Waals surface area contributed by atoms with Gasteiger partial charge in [-0.25, -0.2) is 0 Å². The first kappa shape index (κ1) is 14.6. The molecule has 0 aromatic carbocycles. The molecule has 0 radical (unpaired) electrons. The summed E-state index contributed by atoms with van der Waals surface area (Å²) in [6, 6.07) is 0. The van der Waals surface area contributed by atoms with Crippen molar-refractivity contribution in [1.82, 2.24) is 0 Å². The average molecular weight is 278 g/mol. The Balaban J connectivity index is 1.93. The molecular formula is C18H30O2. The zero-order chi connectivity index (χ0) is 14.9. The monoisotopic (exact) mass is 278 g/mol. The smallest absolute Gasteiger partial charge is 0.163 e. The van der Waals surface area contributed by atoms with Crippen molar-refractivity contribution in [3.05, 3.63) is 11.6 Å². The van der Waals surface area contributed by atoms with Gasteiger partial charge >= 0.3 is 0 Å². The van der Waals surface area contributed by atoms with Crippen LogP contribution in [0.4, 0.5) is 0 Å². The van der Waals surface area contributed by atoms with Gasteiger partial charge in [0.1, 0.15) is 0 Å². The minimum Gasteiger partial charge on any atom is -0.347 e. The molecule has 2 aliphatic carbocycles. The summed E-state index contributed by atoms with van der Waals surface area (Å²) in [5, 5.41) is 0. The van der Waals surface area contributed by atoms with Crippen molar-refractivity contribution in [1.29, 1.82) is 0 Å². The van der Waals surface area contributed by atoms with E-state index in [2.05, 4.69) is 54.5 Å². The molecule has 114 valence electrons. The maximum Gasteiger partial charge on any atom is 0.163 e. The number of fused-ring (bicyclic) bond motifs is 2. The lowest BCUT2D eigenvalue weighted by Crippen LogP contribution is -2.58. The lowest BCUT2D eigenvalue weighted by Gasteiger charge is -2.54. The van der Waals surface area contributed by atoms with Crippen LogP contribution in [-0.4, -0.2) is 18.0 Å². The molecule has 3 fully saturated rings. The van der Waals surface area contributed by atoms with E-state index in [1.165, 1.54) is 18.4 Å². The Hall–Kier alpha value is -0.340. The zero-order valence-corrected chi connectivity index (χ0v) is 14.1. The highest BCUT2D eigenvalue weighted by molar-refractivity contribution is 5.18. The molecule has 0 bridgehead atoms. The summed E-state index contributed by atoms with van der Waals surface area (Å²) in [5.41, 5.74) is 1.97. The van der Waals surface area contributed by atoms with Crippen molar-refractivity contribution in [2.75, 3.05) is 0 Å². The van der Waals surface area contributed by atoms with Crippen LogP contribution in [0.1, 0.15) is 61.3 Å². The van der Waals surface area contributed by atoms with Crippen molar-refractivity contribution < 1.29 is 9.47 Å². The number of hydrogen-bond acceptors (Lipinski definition) is 2. The fourth-order valence-corrected chi connectivity index (χ4v) is 4.66. The molecule has 1 saturated heterocycles. The third-order valence-corrected chi connectivity index (χ3v) is 6.12. The second kappa shape index (κ2) is 4.10. The molecule has 2 nitrogen and oxygen atoms in total. The van der Waals surface area contributed by atoms with E-state index in [0.717, 1.165) is 11.8 Å². The van der Waals surface area contributed by atoms with Gasteiger partial charge in [-0.2, -0.15) is 0 Å². The highest BCUT2D eigenvalue weighted by Gasteiger charge is 2.67. The number of ether oxygens (including phenoxy) is 2. The first-order valence-corrected chi connectivity index (χ1v) is 8.07. The SMILES string of the molecule is CC(C)=C[C@H]1OC(C)(C)O[C@@H]2C[C@@H]3[C@H](C[C@]12C)C3(C)C. The second-order valence-electron chi connectivity index (χ2n) is 8.77. The lowest BCUT2D eigenvalue weighted by atomic mass is 9.68. The summed E-state index contributed by atoms with van der Waals surface area (Å²) in [4.78, 5) is 0. The van der Waals surface area contributed by atoms with E-state index in [1.54, 1.807) is 0 Å². The topological polar surface area (TPSA) is 18.5 Å². The Kier molecular flexibility index (Phi) is 2.99. The summed E-state index contributed by atoms with van der Waals surface area (Å²) in [6.45, 7) is 15.7. The quantitative estimate of drug-likeness (QED) is 0.655. The van der Waals surface area contributed by atoms with Crippen LogP contribution in [-0.2, 0) is 9.47 Å². The van der Waals surface area contributed by atoms with E-state index in [0.29, 0.717) is 11.5 Å². The van der Waals surface area contributed by atoms with E-state index in [4.69, 9.17) is 9.47 Å². The summed E-state index contributed by atoms with van der Waals surface area (Å²) in [7, 11) is 0. The molecule has 0 amide bonds. The predicted octanol–water partition coefficient (Wildman–Crippen LogP) is 4.55. The molecule has 3 rings (SSSR count). The maximum atomic E-state index is 6.33. The van der Waals surface area contributed by atoms with Gasteiger partial charge < -0.3 is 9.47 Å². The Morgan fingerprint density at radius 2 is 1.65 bits per heavy atom. The Morgan fingerprint density at radius 1 is 1.00 bits per heavy atom. The largest absolute Gasteiger partial charge is 0.347 e. The molecule has 2 saturated carbocycles. The van der Waals surface area contributed by atoms with E-state index in [1.807, 2.05) is 0 Å². The predicted molar refractivity (Wildman–Crippen MR) is 81.4 cm³/mol. The van der Waals surface area contributed by atoms with Crippen LogP contribution in [0.25, 0.3) is 0 Å². The first-order valence-electron chi connectivity index (χ1n) is 8.07. The van der Waals surface area contributed by atoms with Crippen molar-refractivity contribution in [2.24, 2.45) is 22.7 Å². The van der Waals surface area contributed by atoms with Crippen LogP contribution < -0.4 is 0 Å². The molecule has 0 spiro atoms. The molecule has 2 heteroatoms.